The molecule has 156 valence electrons. The van der Waals surface area contributed by atoms with Crippen molar-refractivity contribution in [3.05, 3.63) is 46.6 Å². The summed E-state index contributed by atoms with van der Waals surface area (Å²) < 4.78 is 30.6. The molecule has 27 heavy (non-hydrogen) atoms. The van der Waals surface area contributed by atoms with Crippen molar-refractivity contribution in [2.24, 2.45) is 0 Å². The fraction of sp³-hybridized carbons (Fsp3) is 0.600. The number of rotatable bonds is 14. The molecule has 0 rings (SSSR count). The summed E-state index contributed by atoms with van der Waals surface area (Å²) in [6.45, 7) is 10.7. The van der Waals surface area contributed by atoms with Crippen LogP contribution in [0.5, 0.6) is 0 Å². The standard InChI is InChI=1S/C20H36O5P2/c1-17(2)9-6-10-18(3)11-7-12-19(4)13-8-14-20(5)15-16-24-27(23)25-26(21)22/h9,11,13,15,26-27H,6-8,10,12,14,16H2,1-5H3,(H,21,22). The lowest BCUT2D eigenvalue weighted by Crippen LogP contribution is -1.85. The van der Waals surface area contributed by atoms with E-state index in [9.17, 15) is 9.13 Å². The third-order valence-electron chi connectivity index (χ3n) is 3.96. The van der Waals surface area contributed by atoms with Gasteiger partial charge in [-0.05, 0) is 73.1 Å². The van der Waals surface area contributed by atoms with E-state index in [4.69, 9.17) is 9.42 Å². The molecule has 0 aromatic rings. The SMILES string of the molecule is CC(C)=CCCC(C)=CCCC(C)=CCCC(C)=CCO[PH](=O)O[PH](=O)O. The third-order valence-corrected chi connectivity index (χ3v) is 5.73. The molecule has 0 aliphatic rings. The van der Waals surface area contributed by atoms with E-state index in [1.165, 1.54) is 16.7 Å². The Balaban J connectivity index is 4.03. The average Bonchev–Trinajstić information content (AvgIpc) is 2.53. The molecule has 5 nitrogen and oxygen atoms in total. The van der Waals surface area contributed by atoms with Gasteiger partial charge in [0.25, 0.3) is 0 Å². The van der Waals surface area contributed by atoms with Crippen molar-refractivity contribution in [2.75, 3.05) is 6.61 Å². The summed E-state index contributed by atoms with van der Waals surface area (Å²) in [5.41, 5.74) is 5.34. The van der Waals surface area contributed by atoms with Crippen LogP contribution in [0.25, 0.3) is 0 Å². The van der Waals surface area contributed by atoms with Crippen molar-refractivity contribution < 1.29 is 22.9 Å². The number of hydrogen-bond acceptors (Lipinski definition) is 4. The van der Waals surface area contributed by atoms with Gasteiger partial charge in [0.2, 0.25) is 0 Å². The Labute approximate surface area is 166 Å². The van der Waals surface area contributed by atoms with E-state index in [-0.39, 0.29) is 6.61 Å². The molecule has 0 aromatic carbocycles. The third kappa shape index (κ3) is 18.4. The molecule has 2 unspecified atom stereocenters. The molecule has 0 saturated heterocycles. The van der Waals surface area contributed by atoms with Crippen LogP contribution in [-0.2, 0) is 18.0 Å². The fourth-order valence-corrected chi connectivity index (χ4v) is 3.37. The smallest absolute Gasteiger partial charge is 0.326 e. The fourth-order valence-electron chi connectivity index (χ4n) is 2.34. The van der Waals surface area contributed by atoms with Crippen LogP contribution in [0.3, 0.4) is 0 Å². The summed E-state index contributed by atoms with van der Waals surface area (Å²) in [5.74, 6) is 0. The number of allylic oxidation sites excluding steroid dienone is 7. The van der Waals surface area contributed by atoms with E-state index in [0.717, 1.165) is 44.1 Å². The normalized spacial score (nSPS) is 15.6. The predicted octanol–water partition coefficient (Wildman–Crippen LogP) is 6.94. The quantitative estimate of drug-likeness (QED) is 0.244. The van der Waals surface area contributed by atoms with Gasteiger partial charge in [0.15, 0.2) is 0 Å². The Bertz CT molecular complexity index is 599. The molecular formula is C20H36O5P2. The van der Waals surface area contributed by atoms with Crippen molar-refractivity contribution in [1.82, 2.24) is 0 Å². The Kier molecular flexibility index (Phi) is 15.9. The zero-order valence-electron chi connectivity index (χ0n) is 17.3. The van der Waals surface area contributed by atoms with Gasteiger partial charge in [-0.1, -0.05) is 46.6 Å². The van der Waals surface area contributed by atoms with E-state index in [1.807, 2.05) is 13.0 Å². The first-order chi connectivity index (χ1) is 12.7. The molecule has 0 aliphatic heterocycles. The summed E-state index contributed by atoms with van der Waals surface area (Å²) in [7, 11) is -6.08. The van der Waals surface area contributed by atoms with Crippen LogP contribution in [0.1, 0.15) is 73.1 Å². The summed E-state index contributed by atoms with van der Waals surface area (Å²) in [5, 5.41) is 0. The molecule has 0 radical (unpaired) electrons. The van der Waals surface area contributed by atoms with Crippen LogP contribution in [-0.4, -0.2) is 11.5 Å². The highest BCUT2D eigenvalue weighted by atomic mass is 31.2. The zero-order chi connectivity index (χ0) is 20.7. The molecule has 0 bridgehead atoms. The lowest BCUT2D eigenvalue weighted by molar-refractivity contribution is 0.306. The number of hydrogen-bond donors (Lipinski definition) is 1. The summed E-state index contributed by atoms with van der Waals surface area (Å²) in [4.78, 5) is 8.49. The van der Waals surface area contributed by atoms with Crippen LogP contribution < -0.4 is 0 Å². The maximum Gasteiger partial charge on any atom is 0.326 e. The molecule has 0 spiro atoms. The molecule has 1 N–H and O–H groups in total. The summed E-state index contributed by atoms with van der Waals surface area (Å²) in [6.07, 6.45) is 15.0. The van der Waals surface area contributed by atoms with Crippen LogP contribution in [0, 0.1) is 0 Å². The summed E-state index contributed by atoms with van der Waals surface area (Å²) in [6, 6.07) is 0. The van der Waals surface area contributed by atoms with Gasteiger partial charge in [-0.3, -0.25) is 9.13 Å². The molecule has 0 aliphatic carbocycles. The molecule has 7 heteroatoms. The molecule has 0 fully saturated rings. The van der Waals surface area contributed by atoms with Crippen LogP contribution >= 0.6 is 16.5 Å². The Morgan fingerprint density at radius 1 is 0.778 bits per heavy atom. The second kappa shape index (κ2) is 16.3. The van der Waals surface area contributed by atoms with Crippen molar-refractivity contribution in [3.63, 3.8) is 0 Å². The highest BCUT2D eigenvalue weighted by molar-refractivity contribution is 7.47. The lowest BCUT2D eigenvalue weighted by atomic mass is 10.0. The van der Waals surface area contributed by atoms with Gasteiger partial charge in [-0.2, -0.15) is 0 Å². The molecule has 0 saturated carbocycles. The van der Waals surface area contributed by atoms with Gasteiger partial charge in [-0.15, -0.1) is 0 Å². The first-order valence-corrected chi connectivity index (χ1v) is 11.9. The first kappa shape index (κ1) is 26.3. The Morgan fingerprint density at radius 3 is 1.67 bits per heavy atom. The van der Waals surface area contributed by atoms with E-state index in [2.05, 4.69) is 50.2 Å². The molecular weight excluding hydrogens is 382 g/mol. The topological polar surface area (TPSA) is 72.8 Å². The Morgan fingerprint density at radius 2 is 1.22 bits per heavy atom. The van der Waals surface area contributed by atoms with Gasteiger partial charge in [0.05, 0.1) is 6.61 Å². The minimum Gasteiger partial charge on any atom is -0.326 e. The highest BCUT2D eigenvalue weighted by Gasteiger charge is 2.01. The first-order valence-electron chi connectivity index (χ1n) is 9.38. The van der Waals surface area contributed by atoms with Crippen LogP contribution in [0.15, 0.2) is 46.6 Å². The minimum absolute atomic E-state index is 0.123. The van der Waals surface area contributed by atoms with E-state index >= 15 is 0 Å². The van der Waals surface area contributed by atoms with Crippen molar-refractivity contribution in [1.29, 1.82) is 0 Å². The van der Waals surface area contributed by atoms with Crippen LogP contribution in [0.4, 0.5) is 0 Å². The highest BCUT2D eigenvalue weighted by Crippen LogP contribution is 2.35. The second-order valence-corrected chi connectivity index (χ2v) is 9.11. The summed E-state index contributed by atoms with van der Waals surface area (Å²) >= 11 is 0. The van der Waals surface area contributed by atoms with Crippen molar-refractivity contribution >= 4 is 16.5 Å². The van der Waals surface area contributed by atoms with Gasteiger partial charge in [0, 0.05) is 0 Å². The van der Waals surface area contributed by atoms with Gasteiger partial charge in [0.1, 0.15) is 0 Å². The maximum absolute atomic E-state index is 11.1. The van der Waals surface area contributed by atoms with E-state index < -0.39 is 16.5 Å². The molecule has 0 amide bonds. The second-order valence-electron chi connectivity index (χ2n) is 6.98. The van der Waals surface area contributed by atoms with Crippen molar-refractivity contribution in [3.8, 4) is 0 Å². The predicted molar refractivity (Wildman–Crippen MR) is 116 cm³/mol. The minimum atomic E-state index is -3.21. The largest absolute Gasteiger partial charge is 0.326 e. The maximum atomic E-state index is 11.1. The van der Waals surface area contributed by atoms with Crippen molar-refractivity contribution in [2.45, 2.75) is 73.1 Å². The Hall–Kier alpha value is -0.700. The molecule has 0 heterocycles. The van der Waals surface area contributed by atoms with E-state index in [1.54, 1.807) is 0 Å². The average molecular weight is 418 g/mol. The molecule has 0 aromatic heterocycles. The lowest BCUT2D eigenvalue weighted by Gasteiger charge is -2.03. The monoisotopic (exact) mass is 418 g/mol. The van der Waals surface area contributed by atoms with E-state index in [0.29, 0.717) is 0 Å². The van der Waals surface area contributed by atoms with Gasteiger partial charge >= 0.3 is 16.5 Å². The van der Waals surface area contributed by atoms with Gasteiger partial charge in [-0.25, -0.2) is 4.31 Å². The van der Waals surface area contributed by atoms with Gasteiger partial charge < -0.3 is 9.42 Å². The molecule has 2 atom stereocenters. The zero-order valence-corrected chi connectivity index (χ0v) is 19.3. The van der Waals surface area contributed by atoms with Crippen LogP contribution in [0.2, 0.25) is 0 Å².